The average Bonchev–Trinajstić information content (AvgIpc) is 3.39. The van der Waals surface area contributed by atoms with Crippen LogP contribution in [-0.2, 0) is 20.8 Å². The molecular weight excluding hydrogens is 402 g/mol. The molecule has 4 saturated heterocycles. The molecule has 4 fully saturated rings. The molecule has 7 heteroatoms. The predicted molar refractivity (Wildman–Crippen MR) is 111 cm³/mol. The molecule has 31 heavy (non-hydrogen) atoms. The van der Waals surface area contributed by atoms with E-state index in [1.165, 1.54) is 0 Å². The van der Waals surface area contributed by atoms with Gasteiger partial charge >= 0.3 is 0 Å². The number of fused-ring (bicyclic) bond motifs is 1. The average molecular weight is 435 g/mol. The van der Waals surface area contributed by atoms with E-state index in [4.69, 9.17) is 9.47 Å². The van der Waals surface area contributed by atoms with Crippen LogP contribution in [0.25, 0.3) is 0 Å². The van der Waals surface area contributed by atoms with E-state index in [-0.39, 0.29) is 12.0 Å². The van der Waals surface area contributed by atoms with Crippen molar-refractivity contribution in [1.29, 1.82) is 0 Å². The maximum atomic E-state index is 14.0. The van der Waals surface area contributed by atoms with Crippen molar-refractivity contribution >= 4 is 5.91 Å². The lowest BCUT2D eigenvalue weighted by molar-refractivity contribution is -0.136. The molecule has 4 aliphatic rings. The molecule has 0 N–H and O–H groups in total. The number of halogens is 2. The number of hydrogen-bond donors (Lipinski definition) is 0. The number of ether oxygens (including phenoxy) is 2. The molecule has 4 heterocycles. The van der Waals surface area contributed by atoms with E-state index < -0.39 is 11.6 Å². The second kappa shape index (κ2) is 8.75. The highest BCUT2D eigenvalue weighted by atomic mass is 19.2. The Hall–Kier alpha value is -1.57. The van der Waals surface area contributed by atoms with Crippen LogP contribution >= 0.6 is 0 Å². The molecule has 170 valence electrons. The highest BCUT2D eigenvalue weighted by molar-refractivity contribution is 5.77. The van der Waals surface area contributed by atoms with Crippen LogP contribution in [0.1, 0.15) is 37.7 Å². The summed E-state index contributed by atoms with van der Waals surface area (Å²) in [5.74, 6) is -0.605. The first-order chi connectivity index (χ1) is 15.0. The zero-order valence-corrected chi connectivity index (χ0v) is 18.0. The highest BCUT2D eigenvalue weighted by Crippen LogP contribution is 2.40. The first-order valence-corrected chi connectivity index (χ1v) is 11.7. The van der Waals surface area contributed by atoms with E-state index in [1.807, 2.05) is 4.90 Å². The van der Waals surface area contributed by atoms with Crippen molar-refractivity contribution in [2.24, 2.45) is 17.3 Å². The summed E-state index contributed by atoms with van der Waals surface area (Å²) in [4.78, 5) is 17.1. The summed E-state index contributed by atoms with van der Waals surface area (Å²) in [5.41, 5.74) is 0.708. The second-order valence-electron chi connectivity index (χ2n) is 9.92. The fourth-order valence-corrected chi connectivity index (χ4v) is 6.00. The normalized spacial score (nSPS) is 30.6. The maximum Gasteiger partial charge on any atom is 0.225 e. The van der Waals surface area contributed by atoms with Crippen LogP contribution in [0, 0.1) is 28.9 Å². The standard InChI is InChI=1S/C24H32F2N2O3/c25-20-3-1-2-17(23(20)26)13-27-8-4-19-18(14-27)15-31-21(19)12-22(29)28-9-5-24(6-10-28)7-11-30-16-24/h1-3,18-19,21H,4-16H2/t18-,19-,21+/m1/s1. The number of nitrogens with zero attached hydrogens (tertiary/aromatic N) is 2. The van der Waals surface area contributed by atoms with Crippen molar-refractivity contribution in [3.05, 3.63) is 35.4 Å². The van der Waals surface area contributed by atoms with Crippen LogP contribution in [-0.4, -0.2) is 67.8 Å². The fraction of sp³-hybridized carbons (Fsp3) is 0.708. The van der Waals surface area contributed by atoms with Gasteiger partial charge in [0.2, 0.25) is 5.91 Å². The molecule has 0 aliphatic carbocycles. The molecule has 0 radical (unpaired) electrons. The Morgan fingerprint density at radius 1 is 1.16 bits per heavy atom. The van der Waals surface area contributed by atoms with Gasteiger partial charge in [-0.2, -0.15) is 0 Å². The van der Waals surface area contributed by atoms with E-state index in [0.29, 0.717) is 42.4 Å². The molecule has 4 aliphatic heterocycles. The lowest BCUT2D eigenvalue weighted by atomic mass is 9.78. The topological polar surface area (TPSA) is 42.0 Å². The third kappa shape index (κ3) is 4.37. The first-order valence-electron chi connectivity index (χ1n) is 11.7. The van der Waals surface area contributed by atoms with Gasteiger partial charge in [0.05, 0.1) is 25.7 Å². The van der Waals surface area contributed by atoms with Crippen molar-refractivity contribution < 1.29 is 23.0 Å². The largest absolute Gasteiger partial charge is 0.381 e. The van der Waals surface area contributed by atoms with Crippen molar-refractivity contribution in [3.8, 4) is 0 Å². The number of benzene rings is 1. The molecule has 1 aromatic rings. The van der Waals surface area contributed by atoms with Gasteiger partial charge in [-0.25, -0.2) is 8.78 Å². The molecule has 1 spiro atoms. The van der Waals surface area contributed by atoms with Gasteiger partial charge < -0.3 is 14.4 Å². The Kier molecular flexibility index (Phi) is 6.01. The number of carbonyl (C=O) groups excluding carboxylic acids is 1. The summed E-state index contributed by atoms with van der Waals surface area (Å²) in [6, 6.07) is 4.36. The van der Waals surface area contributed by atoms with Gasteiger partial charge in [0.1, 0.15) is 0 Å². The molecule has 3 atom stereocenters. The van der Waals surface area contributed by atoms with Crippen LogP contribution in [0.5, 0.6) is 0 Å². The smallest absolute Gasteiger partial charge is 0.225 e. The third-order valence-corrected chi connectivity index (χ3v) is 8.04. The summed E-state index contributed by atoms with van der Waals surface area (Å²) < 4.78 is 39.2. The number of likely N-dealkylation sites (tertiary alicyclic amines) is 2. The minimum Gasteiger partial charge on any atom is -0.381 e. The van der Waals surface area contributed by atoms with Gasteiger partial charge in [-0.15, -0.1) is 0 Å². The second-order valence-corrected chi connectivity index (χ2v) is 9.92. The van der Waals surface area contributed by atoms with Crippen LogP contribution < -0.4 is 0 Å². The predicted octanol–water partition coefficient (Wildman–Crippen LogP) is 3.22. The van der Waals surface area contributed by atoms with Crippen LogP contribution in [0.3, 0.4) is 0 Å². The van der Waals surface area contributed by atoms with Crippen molar-refractivity contribution in [2.45, 2.75) is 44.8 Å². The minimum atomic E-state index is -0.792. The Balaban J connectivity index is 1.12. The van der Waals surface area contributed by atoms with Gasteiger partial charge in [-0.3, -0.25) is 9.69 Å². The van der Waals surface area contributed by atoms with Crippen molar-refractivity contribution in [1.82, 2.24) is 9.80 Å². The fourth-order valence-electron chi connectivity index (χ4n) is 6.00. The summed E-state index contributed by atoms with van der Waals surface area (Å²) >= 11 is 0. The Morgan fingerprint density at radius 2 is 2.00 bits per heavy atom. The Morgan fingerprint density at radius 3 is 2.77 bits per heavy atom. The molecule has 1 aromatic carbocycles. The highest BCUT2D eigenvalue weighted by Gasteiger charge is 2.43. The van der Waals surface area contributed by atoms with Gasteiger partial charge in [0.25, 0.3) is 0 Å². The van der Waals surface area contributed by atoms with Crippen LogP contribution in [0.2, 0.25) is 0 Å². The lowest BCUT2D eigenvalue weighted by Gasteiger charge is -2.39. The van der Waals surface area contributed by atoms with E-state index in [9.17, 15) is 13.6 Å². The number of piperidine rings is 2. The molecule has 5 nitrogen and oxygen atoms in total. The number of rotatable bonds is 4. The summed E-state index contributed by atoms with van der Waals surface area (Å²) in [7, 11) is 0. The molecule has 0 unspecified atom stereocenters. The summed E-state index contributed by atoms with van der Waals surface area (Å²) in [5, 5.41) is 0. The van der Waals surface area contributed by atoms with Gasteiger partial charge in [-0.05, 0) is 49.6 Å². The van der Waals surface area contributed by atoms with E-state index >= 15 is 0 Å². The Bertz CT molecular complexity index is 804. The quantitative estimate of drug-likeness (QED) is 0.730. The van der Waals surface area contributed by atoms with Crippen LogP contribution in [0.4, 0.5) is 8.78 Å². The molecule has 0 saturated carbocycles. The van der Waals surface area contributed by atoms with Gasteiger partial charge in [0, 0.05) is 44.3 Å². The molecule has 5 rings (SSSR count). The SMILES string of the molecule is O=C(C[C@@H]1OC[C@H]2CN(Cc3cccc(F)c3F)CC[C@H]21)N1CCC2(CCOC2)CC1. The minimum absolute atomic E-state index is 0.0174. The van der Waals surface area contributed by atoms with Crippen molar-refractivity contribution in [3.63, 3.8) is 0 Å². The number of amides is 1. The zero-order chi connectivity index (χ0) is 21.4. The molecule has 0 bridgehead atoms. The number of hydrogen-bond acceptors (Lipinski definition) is 4. The van der Waals surface area contributed by atoms with Gasteiger partial charge in [0.15, 0.2) is 11.6 Å². The number of carbonyl (C=O) groups is 1. The maximum absolute atomic E-state index is 14.0. The van der Waals surface area contributed by atoms with Crippen LogP contribution in [0.15, 0.2) is 18.2 Å². The Labute approximate surface area is 182 Å². The van der Waals surface area contributed by atoms with E-state index in [2.05, 4.69) is 4.90 Å². The lowest BCUT2D eigenvalue weighted by Crippen LogP contribution is -2.45. The van der Waals surface area contributed by atoms with E-state index in [1.54, 1.807) is 12.1 Å². The molecule has 0 aromatic heterocycles. The first kappa shape index (κ1) is 21.3. The summed E-state index contributed by atoms with van der Waals surface area (Å²) in [6.45, 7) is 6.04. The summed E-state index contributed by atoms with van der Waals surface area (Å²) in [6.07, 6.45) is 4.59. The van der Waals surface area contributed by atoms with Crippen molar-refractivity contribution in [2.75, 3.05) is 46.0 Å². The third-order valence-electron chi connectivity index (χ3n) is 8.04. The zero-order valence-electron chi connectivity index (χ0n) is 18.0. The molecule has 1 amide bonds. The van der Waals surface area contributed by atoms with Gasteiger partial charge in [-0.1, -0.05) is 12.1 Å². The molecular formula is C24H32F2N2O3. The monoisotopic (exact) mass is 434 g/mol. The van der Waals surface area contributed by atoms with E-state index in [0.717, 1.165) is 71.1 Å².